The third-order valence-electron chi connectivity index (χ3n) is 3.19. The van der Waals surface area contributed by atoms with Crippen molar-refractivity contribution in [3.8, 4) is 17.5 Å². The molecule has 0 saturated carbocycles. The van der Waals surface area contributed by atoms with Crippen LogP contribution in [0.2, 0.25) is 0 Å². The second kappa shape index (κ2) is 4.86. The van der Waals surface area contributed by atoms with Crippen LogP contribution in [0.5, 0.6) is 5.75 Å². The molecule has 1 aromatic heterocycles. The van der Waals surface area contributed by atoms with Crippen molar-refractivity contribution in [2.24, 2.45) is 0 Å². The highest BCUT2D eigenvalue weighted by molar-refractivity contribution is 9.10. The van der Waals surface area contributed by atoms with Gasteiger partial charge < -0.3 is 9.67 Å². The number of rotatable bonds is 1. The lowest BCUT2D eigenvalue weighted by molar-refractivity contribution is 0.396. The summed E-state index contributed by atoms with van der Waals surface area (Å²) in [6.45, 7) is 0. The average molecular weight is 349 g/mol. The van der Waals surface area contributed by atoms with Gasteiger partial charge in [0.15, 0.2) is 17.4 Å². The SMILES string of the molecule is N#Cc1c(Br)n(-c2cc(F)c(O)c(F)c2)c2ccccc12. The molecule has 3 aromatic rings. The third-order valence-corrected chi connectivity index (χ3v) is 3.94. The van der Waals surface area contributed by atoms with E-state index in [0.717, 1.165) is 12.1 Å². The maximum atomic E-state index is 13.6. The molecule has 6 heteroatoms. The first kappa shape index (κ1) is 13.6. The van der Waals surface area contributed by atoms with Gasteiger partial charge in [0.2, 0.25) is 0 Å². The van der Waals surface area contributed by atoms with Gasteiger partial charge in [-0.15, -0.1) is 0 Å². The predicted octanol–water partition coefficient (Wildman–Crippen LogP) is 4.25. The monoisotopic (exact) mass is 348 g/mol. The van der Waals surface area contributed by atoms with Crippen LogP contribution in [0.25, 0.3) is 16.6 Å². The zero-order valence-corrected chi connectivity index (χ0v) is 12.0. The van der Waals surface area contributed by atoms with Crippen molar-refractivity contribution in [1.82, 2.24) is 4.57 Å². The highest BCUT2D eigenvalue weighted by atomic mass is 79.9. The number of phenols is 1. The van der Waals surface area contributed by atoms with Crippen LogP contribution in [-0.2, 0) is 0 Å². The van der Waals surface area contributed by atoms with E-state index in [1.165, 1.54) is 4.57 Å². The van der Waals surface area contributed by atoms with Crippen molar-refractivity contribution in [2.75, 3.05) is 0 Å². The third kappa shape index (κ3) is 1.98. The number of fused-ring (bicyclic) bond motifs is 1. The normalized spacial score (nSPS) is 10.8. The van der Waals surface area contributed by atoms with Crippen LogP contribution < -0.4 is 0 Å². The number of phenolic OH excluding ortho intramolecular Hbond substituents is 1. The first-order valence-corrected chi connectivity index (χ1v) is 6.71. The number of aromatic hydroxyl groups is 1. The van der Waals surface area contributed by atoms with E-state index < -0.39 is 17.4 Å². The van der Waals surface area contributed by atoms with Gasteiger partial charge in [-0.25, -0.2) is 8.78 Å². The molecular formula is C15H7BrF2N2O. The topological polar surface area (TPSA) is 49.0 Å². The van der Waals surface area contributed by atoms with Gasteiger partial charge in [-0.2, -0.15) is 5.26 Å². The van der Waals surface area contributed by atoms with Crippen molar-refractivity contribution in [3.63, 3.8) is 0 Å². The minimum atomic E-state index is -1.06. The average Bonchev–Trinajstić information content (AvgIpc) is 2.75. The van der Waals surface area contributed by atoms with Crippen molar-refractivity contribution in [2.45, 2.75) is 0 Å². The van der Waals surface area contributed by atoms with Gasteiger partial charge in [0.1, 0.15) is 10.7 Å². The zero-order valence-electron chi connectivity index (χ0n) is 10.4. The standard InChI is InChI=1S/C15H7BrF2N2O/c16-15-10(7-19)9-3-1-2-4-13(9)20(15)8-5-11(17)14(21)12(18)6-8/h1-6,21H. The summed E-state index contributed by atoms with van der Waals surface area (Å²) >= 11 is 3.29. The second-order valence-corrected chi connectivity index (χ2v) is 5.14. The van der Waals surface area contributed by atoms with Gasteiger partial charge in [0, 0.05) is 17.5 Å². The number of hydrogen-bond acceptors (Lipinski definition) is 2. The van der Waals surface area contributed by atoms with Gasteiger partial charge in [0.05, 0.1) is 16.8 Å². The van der Waals surface area contributed by atoms with E-state index in [9.17, 15) is 19.1 Å². The lowest BCUT2D eigenvalue weighted by atomic mass is 10.2. The summed E-state index contributed by atoms with van der Waals surface area (Å²) in [6, 6.07) is 11.1. The van der Waals surface area contributed by atoms with Crippen molar-refractivity contribution < 1.29 is 13.9 Å². The Balaban J connectivity index is 2.41. The molecule has 1 heterocycles. The van der Waals surface area contributed by atoms with Crippen molar-refractivity contribution >= 4 is 26.8 Å². The fourth-order valence-electron chi connectivity index (χ4n) is 2.25. The Hall–Kier alpha value is -2.39. The van der Waals surface area contributed by atoms with Crippen LogP contribution in [0.1, 0.15) is 5.56 Å². The zero-order chi connectivity index (χ0) is 15.1. The Kier molecular flexibility index (Phi) is 3.15. The molecule has 0 aliphatic rings. The minimum Gasteiger partial charge on any atom is -0.503 e. The summed E-state index contributed by atoms with van der Waals surface area (Å²) in [5.74, 6) is -3.15. The molecular weight excluding hydrogens is 342 g/mol. The molecule has 3 rings (SSSR count). The predicted molar refractivity (Wildman–Crippen MR) is 77.3 cm³/mol. The van der Waals surface area contributed by atoms with Gasteiger partial charge in [-0.3, -0.25) is 0 Å². The molecule has 1 N–H and O–H groups in total. The first-order chi connectivity index (χ1) is 10.0. The van der Waals surface area contributed by atoms with Crippen LogP contribution in [0, 0.1) is 23.0 Å². The van der Waals surface area contributed by atoms with Gasteiger partial charge in [-0.05, 0) is 22.0 Å². The Labute approximate surface area is 126 Å². The highest BCUT2D eigenvalue weighted by Gasteiger charge is 2.18. The molecule has 0 spiro atoms. The van der Waals surface area contributed by atoms with E-state index in [2.05, 4.69) is 22.0 Å². The quantitative estimate of drug-likeness (QED) is 0.714. The fraction of sp³-hybridized carbons (Fsp3) is 0. The number of halogens is 3. The molecule has 104 valence electrons. The Morgan fingerprint density at radius 1 is 1.14 bits per heavy atom. The Bertz CT molecular complexity index is 889. The van der Waals surface area contributed by atoms with Crippen LogP contribution in [0.3, 0.4) is 0 Å². The molecule has 3 nitrogen and oxygen atoms in total. The summed E-state index contributed by atoms with van der Waals surface area (Å²) < 4.78 is 29.0. The summed E-state index contributed by atoms with van der Waals surface area (Å²) in [6.07, 6.45) is 0. The Morgan fingerprint density at radius 2 is 1.76 bits per heavy atom. The first-order valence-electron chi connectivity index (χ1n) is 5.92. The number of para-hydroxylation sites is 1. The Morgan fingerprint density at radius 3 is 2.38 bits per heavy atom. The number of nitrogens with zero attached hydrogens (tertiary/aromatic N) is 2. The maximum Gasteiger partial charge on any atom is 0.187 e. The number of benzene rings is 2. The lowest BCUT2D eigenvalue weighted by Gasteiger charge is -2.09. The van der Waals surface area contributed by atoms with Crippen LogP contribution in [0.15, 0.2) is 41.0 Å². The van der Waals surface area contributed by atoms with Crippen LogP contribution in [0.4, 0.5) is 8.78 Å². The summed E-state index contributed by atoms with van der Waals surface area (Å²) in [5, 5.41) is 19.1. The number of aromatic nitrogens is 1. The van der Waals surface area contributed by atoms with Crippen molar-refractivity contribution in [1.29, 1.82) is 5.26 Å². The second-order valence-electron chi connectivity index (χ2n) is 4.39. The molecule has 0 fully saturated rings. The molecule has 0 atom stereocenters. The van der Waals surface area contributed by atoms with E-state index in [0.29, 0.717) is 21.1 Å². The fourth-order valence-corrected chi connectivity index (χ4v) is 2.95. The largest absolute Gasteiger partial charge is 0.503 e. The van der Waals surface area contributed by atoms with Crippen LogP contribution >= 0.6 is 15.9 Å². The molecule has 0 radical (unpaired) electrons. The van der Waals surface area contributed by atoms with Gasteiger partial charge >= 0.3 is 0 Å². The molecule has 0 bridgehead atoms. The van der Waals surface area contributed by atoms with Crippen LogP contribution in [-0.4, -0.2) is 9.67 Å². The molecule has 0 saturated heterocycles. The van der Waals surface area contributed by atoms with Gasteiger partial charge in [0.25, 0.3) is 0 Å². The summed E-state index contributed by atoms with van der Waals surface area (Å²) in [5.41, 5.74) is 1.18. The van der Waals surface area contributed by atoms with E-state index in [4.69, 9.17) is 0 Å². The summed E-state index contributed by atoms with van der Waals surface area (Å²) in [7, 11) is 0. The minimum absolute atomic E-state index is 0.173. The highest BCUT2D eigenvalue weighted by Crippen LogP contribution is 2.34. The molecule has 21 heavy (non-hydrogen) atoms. The van der Waals surface area contributed by atoms with E-state index in [1.54, 1.807) is 24.3 Å². The smallest absolute Gasteiger partial charge is 0.187 e. The molecule has 0 aliphatic carbocycles. The van der Waals surface area contributed by atoms with E-state index >= 15 is 0 Å². The van der Waals surface area contributed by atoms with Crippen molar-refractivity contribution in [3.05, 3.63) is 58.2 Å². The maximum absolute atomic E-state index is 13.6. The number of nitriles is 1. The summed E-state index contributed by atoms with van der Waals surface area (Å²) in [4.78, 5) is 0. The molecule has 0 aliphatic heterocycles. The molecule has 2 aromatic carbocycles. The molecule has 0 unspecified atom stereocenters. The van der Waals surface area contributed by atoms with Gasteiger partial charge in [-0.1, -0.05) is 18.2 Å². The van der Waals surface area contributed by atoms with E-state index in [1.807, 2.05) is 0 Å². The number of hydrogen-bond donors (Lipinski definition) is 1. The molecule has 0 amide bonds. The van der Waals surface area contributed by atoms with E-state index in [-0.39, 0.29) is 5.69 Å². The lowest BCUT2D eigenvalue weighted by Crippen LogP contribution is -1.97.